The molecule has 0 atom stereocenters. The van der Waals surface area contributed by atoms with Crippen molar-refractivity contribution in [1.29, 1.82) is 0 Å². The summed E-state index contributed by atoms with van der Waals surface area (Å²) in [5.41, 5.74) is 0.0536. The Morgan fingerprint density at radius 2 is 1.89 bits per heavy atom. The number of aliphatic carboxylic acids is 1. The highest BCUT2D eigenvalue weighted by atomic mass is 19.4. The Hall–Kier alpha value is -1.98. The first-order chi connectivity index (χ1) is 8.84. The van der Waals surface area contributed by atoms with Gasteiger partial charge in [0.2, 0.25) is 0 Å². The first-order valence-electron chi connectivity index (χ1n) is 5.68. The lowest BCUT2D eigenvalue weighted by molar-refractivity contribution is -0.137. The standard InChI is InChI=1S/C13H14F3NO2/c1-2-9(12(18)19)7-8-17-11-5-3-10(4-6-11)13(14,15)16/h3-7,17H,2,8H2,1H3,(H,18,19)/b9-7-. The first kappa shape index (κ1) is 15.1. The number of nitrogens with one attached hydrogen (secondary N) is 1. The topological polar surface area (TPSA) is 49.3 Å². The minimum atomic E-state index is -4.35. The minimum Gasteiger partial charge on any atom is -0.478 e. The Morgan fingerprint density at radius 1 is 1.32 bits per heavy atom. The van der Waals surface area contributed by atoms with Gasteiger partial charge in [-0.25, -0.2) is 4.79 Å². The molecule has 0 fully saturated rings. The Kier molecular flexibility index (Phi) is 4.97. The molecule has 3 nitrogen and oxygen atoms in total. The maximum atomic E-state index is 12.3. The molecule has 2 N–H and O–H groups in total. The number of hydrogen-bond acceptors (Lipinski definition) is 2. The molecule has 0 spiro atoms. The van der Waals surface area contributed by atoms with Gasteiger partial charge in [0.25, 0.3) is 0 Å². The summed E-state index contributed by atoms with van der Waals surface area (Å²) >= 11 is 0. The van der Waals surface area contributed by atoms with E-state index in [1.165, 1.54) is 18.2 Å². The van der Waals surface area contributed by atoms with Crippen molar-refractivity contribution in [1.82, 2.24) is 0 Å². The Balaban J connectivity index is 2.62. The van der Waals surface area contributed by atoms with Crippen LogP contribution in [0, 0.1) is 0 Å². The second-order valence-corrected chi connectivity index (χ2v) is 3.84. The van der Waals surface area contributed by atoms with E-state index in [1.54, 1.807) is 6.92 Å². The van der Waals surface area contributed by atoms with Gasteiger partial charge in [-0.3, -0.25) is 0 Å². The molecular formula is C13H14F3NO2. The van der Waals surface area contributed by atoms with Crippen LogP contribution in [-0.2, 0) is 11.0 Å². The van der Waals surface area contributed by atoms with Crippen molar-refractivity contribution in [2.24, 2.45) is 0 Å². The van der Waals surface area contributed by atoms with E-state index < -0.39 is 17.7 Å². The summed E-state index contributed by atoms with van der Waals surface area (Å²) in [4.78, 5) is 10.7. The number of carbonyl (C=O) groups is 1. The molecule has 0 heterocycles. The molecule has 0 aliphatic carbocycles. The van der Waals surface area contributed by atoms with E-state index in [2.05, 4.69) is 5.32 Å². The number of alkyl halides is 3. The summed E-state index contributed by atoms with van der Waals surface area (Å²) in [6.45, 7) is 1.97. The molecule has 0 aromatic heterocycles. The lowest BCUT2D eigenvalue weighted by Crippen LogP contribution is -2.06. The van der Waals surface area contributed by atoms with E-state index in [0.29, 0.717) is 12.1 Å². The van der Waals surface area contributed by atoms with Crippen molar-refractivity contribution < 1.29 is 23.1 Å². The van der Waals surface area contributed by atoms with Crippen molar-refractivity contribution in [2.45, 2.75) is 19.5 Å². The monoisotopic (exact) mass is 273 g/mol. The number of rotatable bonds is 5. The van der Waals surface area contributed by atoms with Gasteiger partial charge >= 0.3 is 12.1 Å². The molecule has 6 heteroatoms. The van der Waals surface area contributed by atoms with E-state index in [-0.39, 0.29) is 12.1 Å². The molecule has 0 radical (unpaired) electrons. The smallest absolute Gasteiger partial charge is 0.416 e. The average Bonchev–Trinajstić information content (AvgIpc) is 2.33. The molecule has 0 saturated heterocycles. The lowest BCUT2D eigenvalue weighted by Gasteiger charge is -2.08. The number of hydrogen-bond donors (Lipinski definition) is 2. The summed E-state index contributed by atoms with van der Waals surface area (Å²) in [5, 5.41) is 11.6. The van der Waals surface area contributed by atoms with Gasteiger partial charge in [0.05, 0.1) is 5.56 Å². The van der Waals surface area contributed by atoms with Gasteiger partial charge in [-0.1, -0.05) is 13.0 Å². The first-order valence-corrected chi connectivity index (χ1v) is 5.68. The fourth-order valence-corrected chi connectivity index (χ4v) is 1.45. The molecule has 104 valence electrons. The van der Waals surface area contributed by atoms with Gasteiger partial charge in [-0.05, 0) is 30.7 Å². The normalized spacial score (nSPS) is 12.3. The third kappa shape index (κ3) is 4.65. The van der Waals surface area contributed by atoms with Gasteiger partial charge in [0, 0.05) is 17.8 Å². The molecule has 1 rings (SSSR count). The summed E-state index contributed by atoms with van der Waals surface area (Å²) in [6.07, 6.45) is -2.46. The van der Waals surface area contributed by atoms with Crippen LogP contribution in [0.3, 0.4) is 0 Å². The van der Waals surface area contributed by atoms with Crippen LogP contribution in [0.5, 0.6) is 0 Å². The molecule has 0 unspecified atom stereocenters. The fourth-order valence-electron chi connectivity index (χ4n) is 1.45. The highest BCUT2D eigenvalue weighted by Crippen LogP contribution is 2.29. The second kappa shape index (κ2) is 6.26. The molecule has 0 saturated carbocycles. The van der Waals surface area contributed by atoms with Gasteiger partial charge < -0.3 is 10.4 Å². The van der Waals surface area contributed by atoms with Crippen LogP contribution in [0.1, 0.15) is 18.9 Å². The summed E-state index contributed by atoms with van der Waals surface area (Å²) in [7, 11) is 0. The van der Waals surface area contributed by atoms with Crippen molar-refractivity contribution in [3.8, 4) is 0 Å². The molecule has 0 aliphatic rings. The predicted octanol–water partition coefficient (Wildman–Crippen LogP) is 3.54. The zero-order valence-corrected chi connectivity index (χ0v) is 10.3. The van der Waals surface area contributed by atoms with E-state index in [1.807, 2.05) is 0 Å². The van der Waals surface area contributed by atoms with E-state index in [4.69, 9.17) is 5.11 Å². The summed E-state index contributed by atoms with van der Waals surface area (Å²) in [5.74, 6) is -0.989. The number of carboxylic acid groups (broad SMARTS) is 1. The third-order valence-electron chi connectivity index (χ3n) is 2.52. The maximum Gasteiger partial charge on any atom is 0.416 e. The Morgan fingerprint density at radius 3 is 2.32 bits per heavy atom. The highest BCUT2D eigenvalue weighted by molar-refractivity contribution is 5.86. The zero-order valence-electron chi connectivity index (χ0n) is 10.3. The van der Waals surface area contributed by atoms with Gasteiger partial charge in [0.15, 0.2) is 0 Å². The fraction of sp³-hybridized carbons (Fsp3) is 0.308. The minimum absolute atomic E-state index is 0.251. The van der Waals surface area contributed by atoms with Gasteiger partial charge in [-0.2, -0.15) is 13.2 Å². The van der Waals surface area contributed by atoms with Crippen LogP contribution in [0.25, 0.3) is 0 Å². The Bertz CT molecular complexity index is 464. The number of carboxylic acids is 1. The lowest BCUT2D eigenvalue weighted by atomic mass is 10.2. The molecule has 0 bridgehead atoms. The Labute approximate surface area is 108 Å². The van der Waals surface area contributed by atoms with Crippen molar-refractivity contribution in [3.05, 3.63) is 41.5 Å². The average molecular weight is 273 g/mol. The van der Waals surface area contributed by atoms with Crippen molar-refractivity contribution in [3.63, 3.8) is 0 Å². The second-order valence-electron chi connectivity index (χ2n) is 3.84. The van der Waals surface area contributed by atoms with Crippen LogP contribution in [0.15, 0.2) is 35.9 Å². The number of anilines is 1. The number of halogens is 3. The third-order valence-corrected chi connectivity index (χ3v) is 2.52. The molecule has 1 aromatic carbocycles. The van der Waals surface area contributed by atoms with E-state index >= 15 is 0 Å². The molecule has 1 aromatic rings. The van der Waals surface area contributed by atoms with Crippen LogP contribution in [0.2, 0.25) is 0 Å². The van der Waals surface area contributed by atoms with Crippen LogP contribution in [-0.4, -0.2) is 17.6 Å². The van der Waals surface area contributed by atoms with E-state index in [9.17, 15) is 18.0 Å². The van der Waals surface area contributed by atoms with Crippen molar-refractivity contribution >= 4 is 11.7 Å². The quantitative estimate of drug-likeness (QED) is 0.807. The highest BCUT2D eigenvalue weighted by Gasteiger charge is 2.29. The zero-order chi connectivity index (χ0) is 14.5. The van der Waals surface area contributed by atoms with Crippen LogP contribution in [0.4, 0.5) is 18.9 Å². The van der Waals surface area contributed by atoms with Gasteiger partial charge in [-0.15, -0.1) is 0 Å². The van der Waals surface area contributed by atoms with Crippen molar-refractivity contribution in [2.75, 3.05) is 11.9 Å². The number of benzene rings is 1. The van der Waals surface area contributed by atoms with Crippen LogP contribution < -0.4 is 5.32 Å². The molecule has 0 aliphatic heterocycles. The van der Waals surface area contributed by atoms with E-state index in [0.717, 1.165) is 12.1 Å². The summed E-state index contributed by atoms with van der Waals surface area (Å²) < 4.78 is 37.0. The molecular weight excluding hydrogens is 259 g/mol. The molecule has 19 heavy (non-hydrogen) atoms. The van der Waals surface area contributed by atoms with Crippen LogP contribution >= 0.6 is 0 Å². The predicted molar refractivity (Wildman–Crippen MR) is 65.9 cm³/mol. The largest absolute Gasteiger partial charge is 0.478 e. The molecule has 0 amide bonds. The summed E-state index contributed by atoms with van der Waals surface area (Å²) in [6, 6.07) is 4.57. The van der Waals surface area contributed by atoms with Gasteiger partial charge in [0.1, 0.15) is 0 Å². The SMILES string of the molecule is CC/C(=C/CNc1ccc(C(F)(F)F)cc1)C(=O)O. The maximum absolute atomic E-state index is 12.3.